The molecule has 15 heavy (non-hydrogen) atoms. The van der Waals surface area contributed by atoms with Crippen LogP contribution in [-0.2, 0) is 4.79 Å². The fraction of sp³-hybridized carbons (Fsp3) is 0.917. The highest BCUT2D eigenvalue weighted by atomic mass is 16.1. The Morgan fingerprint density at radius 1 is 1.13 bits per heavy atom. The van der Waals surface area contributed by atoms with Gasteiger partial charge in [-0.3, -0.25) is 9.80 Å². The van der Waals surface area contributed by atoms with Gasteiger partial charge in [0.25, 0.3) is 0 Å². The lowest BCUT2D eigenvalue weighted by molar-refractivity contribution is -0.115. The van der Waals surface area contributed by atoms with E-state index in [2.05, 4.69) is 9.80 Å². The van der Waals surface area contributed by atoms with Crippen molar-refractivity contribution in [2.24, 2.45) is 0 Å². The summed E-state index contributed by atoms with van der Waals surface area (Å²) < 4.78 is 0. The number of nitrogens with zero attached hydrogens (tertiary/aromatic N) is 2. The predicted octanol–water partition coefficient (Wildman–Crippen LogP) is 1.48. The van der Waals surface area contributed by atoms with Gasteiger partial charge in [-0.1, -0.05) is 0 Å². The number of aldehydes is 1. The highest BCUT2D eigenvalue weighted by molar-refractivity contribution is 5.56. The van der Waals surface area contributed by atoms with Crippen molar-refractivity contribution < 1.29 is 4.79 Å². The van der Waals surface area contributed by atoms with E-state index >= 15 is 0 Å². The summed E-state index contributed by atoms with van der Waals surface area (Å²) >= 11 is 0. The normalized spacial score (nSPS) is 31.7. The molecule has 86 valence electrons. The lowest BCUT2D eigenvalue weighted by Gasteiger charge is -2.42. The molecule has 0 aromatic carbocycles. The molecule has 2 saturated heterocycles. The first-order chi connectivity index (χ1) is 7.33. The van der Waals surface area contributed by atoms with E-state index in [4.69, 9.17) is 0 Å². The van der Waals surface area contributed by atoms with Crippen molar-refractivity contribution in [2.75, 3.05) is 19.6 Å². The zero-order valence-electron chi connectivity index (χ0n) is 9.69. The fourth-order valence-electron chi connectivity index (χ4n) is 2.92. The molecule has 2 heterocycles. The molecule has 0 radical (unpaired) electrons. The molecule has 2 atom stereocenters. The molecule has 0 bridgehead atoms. The molecule has 3 nitrogen and oxygen atoms in total. The minimum atomic E-state index is 0.0934. The molecule has 2 unspecified atom stereocenters. The molecule has 2 aliphatic rings. The number of likely N-dealkylation sites (tertiary alicyclic amines) is 2. The van der Waals surface area contributed by atoms with E-state index < -0.39 is 0 Å². The average molecular weight is 210 g/mol. The lowest BCUT2D eigenvalue weighted by atomic mass is 10.0. The van der Waals surface area contributed by atoms with Gasteiger partial charge in [0.05, 0.1) is 12.2 Å². The molecule has 0 N–H and O–H groups in total. The smallest absolute Gasteiger partial charge is 0.136 e. The van der Waals surface area contributed by atoms with Crippen LogP contribution in [-0.4, -0.2) is 47.9 Å². The maximum atomic E-state index is 10.9. The highest BCUT2D eigenvalue weighted by Crippen LogP contribution is 2.25. The molecule has 0 aliphatic carbocycles. The topological polar surface area (TPSA) is 23.6 Å². The van der Waals surface area contributed by atoms with E-state index in [0.717, 1.165) is 12.8 Å². The summed E-state index contributed by atoms with van der Waals surface area (Å²) in [7, 11) is 0. The Bertz CT molecular complexity index is 214. The predicted molar refractivity (Wildman–Crippen MR) is 60.7 cm³/mol. The molecule has 2 rings (SSSR count). The van der Waals surface area contributed by atoms with Crippen LogP contribution in [0.1, 0.15) is 39.0 Å². The number of piperidine rings is 1. The molecule has 0 aromatic heterocycles. The van der Waals surface area contributed by atoms with Crippen molar-refractivity contribution in [2.45, 2.75) is 51.2 Å². The van der Waals surface area contributed by atoms with Crippen molar-refractivity contribution in [1.82, 2.24) is 9.80 Å². The van der Waals surface area contributed by atoms with E-state index in [1.807, 2.05) is 6.92 Å². The summed E-state index contributed by atoms with van der Waals surface area (Å²) in [6.45, 7) is 5.59. The van der Waals surface area contributed by atoms with Crippen LogP contribution in [0.25, 0.3) is 0 Å². The number of carbonyl (C=O) groups is 1. The standard InChI is InChI=1S/C12H22N2O/c1-11(10-15)14-9-3-2-6-12(14)13-7-4-5-8-13/h10-12H,2-9H2,1H3. The summed E-state index contributed by atoms with van der Waals surface area (Å²) in [5.74, 6) is 0. The summed E-state index contributed by atoms with van der Waals surface area (Å²) in [5.41, 5.74) is 0. The van der Waals surface area contributed by atoms with Crippen LogP contribution in [0.5, 0.6) is 0 Å². The molecule has 0 saturated carbocycles. The summed E-state index contributed by atoms with van der Waals surface area (Å²) in [4.78, 5) is 15.9. The van der Waals surface area contributed by atoms with E-state index in [0.29, 0.717) is 6.17 Å². The van der Waals surface area contributed by atoms with Gasteiger partial charge < -0.3 is 4.79 Å². The number of carbonyl (C=O) groups excluding carboxylic acids is 1. The zero-order chi connectivity index (χ0) is 10.7. The van der Waals surface area contributed by atoms with Gasteiger partial charge in [0, 0.05) is 6.54 Å². The molecular weight excluding hydrogens is 188 g/mol. The Kier molecular flexibility index (Phi) is 3.76. The zero-order valence-corrected chi connectivity index (χ0v) is 9.69. The van der Waals surface area contributed by atoms with Crippen LogP contribution in [0.4, 0.5) is 0 Å². The first-order valence-corrected chi connectivity index (χ1v) is 6.28. The van der Waals surface area contributed by atoms with E-state index in [1.165, 1.54) is 45.2 Å². The van der Waals surface area contributed by atoms with Gasteiger partial charge in [-0.15, -0.1) is 0 Å². The highest BCUT2D eigenvalue weighted by Gasteiger charge is 2.31. The Labute approximate surface area is 92.4 Å². The van der Waals surface area contributed by atoms with Crippen molar-refractivity contribution in [1.29, 1.82) is 0 Å². The van der Waals surface area contributed by atoms with Gasteiger partial charge in [0.2, 0.25) is 0 Å². The Hall–Kier alpha value is -0.410. The van der Waals surface area contributed by atoms with E-state index in [9.17, 15) is 4.79 Å². The van der Waals surface area contributed by atoms with E-state index in [-0.39, 0.29) is 6.04 Å². The molecule has 3 heteroatoms. The molecule has 0 spiro atoms. The lowest BCUT2D eigenvalue weighted by Crippen LogP contribution is -2.53. The second kappa shape index (κ2) is 5.08. The van der Waals surface area contributed by atoms with E-state index in [1.54, 1.807) is 0 Å². The molecule has 0 aromatic rings. The third-order valence-electron chi connectivity index (χ3n) is 3.79. The Morgan fingerprint density at radius 2 is 1.80 bits per heavy atom. The monoisotopic (exact) mass is 210 g/mol. The maximum Gasteiger partial charge on any atom is 0.136 e. The van der Waals surface area contributed by atoms with Crippen molar-refractivity contribution in [3.63, 3.8) is 0 Å². The first-order valence-electron chi connectivity index (χ1n) is 6.28. The number of hydrogen-bond donors (Lipinski definition) is 0. The van der Waals surface area contributed by atoms with Gasteiger partial charge in [0.15, 0.2) is 0 Å². The minimum Gasteiger partial charge on any atom is -0.302 e. The second-order valence-electron chi connectivity index (χ2n) is 4.83. The SMILES string of the molecule is CC(C=O)N1CCCCC1N1CCCC1. The summed E-state index contributed by atoms with van der Waals surface area (Å²) in [5, 5.41) is 0. The van der Waals surface area contributed by atoms with Gasteiger partial charge in [-0.2, -0.15) is 0 Å². The van der Waals surface area contributed by atoms with Gasteiger partial charge in [0.1, 0.15) is 6.29 Å². The maximum absolute atomic E-state index is 10.9. The van der Waals surface area contributed by atoms with Crippen LogP contribution in [0, 0.1) is 0 Å². The molecular formula is C12H22N2O. The van der Waals surface area contributed by atoms with Crippen molar-refractivity contribution >= 4 is 6.29 Å². The number of rotatable bonds is 3. The minimum absolute atomic E-state index is 0.0934. The number of hydrogen-bond acceptors (Lipinski definition) is 3. The first kappa shape index (κ1) is 11.1. The fourth-order valence-corrected chi connectivity index (χ4v) is 2.92. The third kappa shape index (κ3) is 2.40. The summed E-state index contributed by atoms with van der Waals surface area (Å²) in [6, 6.07) is 0.0934. The van der Waals surface area contributed by atoms with Crippen LogP contribution >= 0.6 is 0 Å². The second-order valence-corrected chi connectivity index (χ2v) is 4.83. The molecule has 0 amide bonds. The molecule has 2 aliphatic heterocycles. The molecule has 2 fully saturated rings. The van der Waals surface area contributed by atoms with Gasteiger partial charge in [-0.25, -0.2) is 0 Å². The van der Waals surface area contributed by atoms with Gasteiger partial charge in [-0.05, 0) is 52.1 Å². The summed E-state index contributed by atoms with van der Waals surface area (Å²) in [6.07, 6.45) is 8.12. The van der Waals surface area contributed by atoms with Crippen molar-refractivity contribution in [3.8, 4) is 0 Å². The quantitative estimate of drug-likeness (QED) is 0.659. The van der Waals surface area contributed by atoms with Gasteiger partial charge >= 0.3 is 0 Å². The van der Waals surface area contributed by atoms with Crippen LogP contribution < -0.4 is 0 Å². The third-order valence-corrected chi connectivity index (χ3v) is 3.79. The van der Waals surface area contributed by atoms with Crippen LogP contribution in [0.3, 0.4) is 0 Å². The van der Waals surface area contributed by atoms with Crippen LogP contribution in [0.2, 0.25) is 0 Å². The Balaban J connectivity index is 2.01. The Morgan fingerprint density at radius 3 is 2.47 bits per heavy atom. The van der Waals surface area contributed by atoms with Crippen LogP contribution in [0.15, 0.2) is 0 Å². The van der Waals surface area contributed by atoms with Crippen molar-refractivity contribution in [3.05, 3.63) is 0 Å². The average Bonchev–Trinajstić information content (AvgIpc) is 2.81. The largest absolute Gasteiger partial charge is 0.302 e.